The van der Waals surface area contributed by atoms with Gasteiger partial charge in [-0.1, -0.05) is 0 Å². The van der Waals surface area contributed by atoms with Crippen molar-refractivity contribution in [2.45, 2.75) is 44.7 Å². The molecule has 2 aliphatic heterocycles. The second kappa shape index (κ2) is 7.09. The summed E-state index contributed by atoms with van der Waals surface area (Å²) in [4.78, 5) is 14.5. The summed E-state index contributed by atoms with van der Waals surface area (Å²) in [7, 11) is 0. The molecule has 1 saturated carbocycles. The molecule has 1 aromatic rings. The maximum Gasteiger partial charge on any atom is 0.317 e. The number of likely N-dealkylation sites (tertiary alicyclic amines) is 1. The van der Waals surface area contributed by atoms with E-state index in [9.17, 15) is 4.79 Å². The van der Waals surface area contributed by atoms with E-state index in [0.29, 0.717) is 12.0 Å². The highest BCUT2D eigenvalue weighted by molar-refractivity contribution is 5.75. The van der Waals surface area contributed by atoms with E-state index in [4.69, 9.17) is 0 Å². The second-order valence-electron chi connectivity index (χ2n) is 7.63. The number of hydrogen-bond donors (Lipinski definition) is 2. The third kappa shape index (κ3) is 3.71. The quantitative estimate of drug-likeness (QED) is 0.865. The van der Waals surface area contributed by atoms with Crippen molar-refractivity contribution in [3.63, 3.8) is 0 Å². The van der Waals surface area contributed by atoms with Crippen LogP contribution in [0.15, 0.2) is 12.7 Å². The van der Waals surface area contributed by atoms with Gasteiger partial charge in [0.25, 0.3) is 0 Å². The average Bonchev–Trinajstić information content (AvgIpc) is 3.19. The summed E-state index contributed by atoms with van der Waals surface area (Å²) in [5.41, 5.74) is 0. The fraction of sp³-hybridized carbons (Fsp3) is 0.824. The van der Waals surface area contributed by atoms with E-state index in [2.05, 4.69) is 20.8 Å². The first-order chi connectivity index (χ1) is 11.8. The summed E-state index contributed by atoms with van der Waals surface area (Å²) in [6.07, 6.45) is 9.39. The Bertz CT molecular complexity index is 533. The molecule has 3 aliphatic rings. The Labute approximate surface area is 143 Å². The first-order valence-electron chi connectivity index (χ1n) is 9.38. The Balaban J connectivity index is 1.18. The minimum Gasteiger partial charge on any atom is -0.335 e. The Morgan fingerprint density at radius 2 is 1.83 bits per heavy atom. The minimum absolute atomic E-state index is 0.152. The molecule has 1 aliphatic carbocycles. The molecule has 2 atom stereocenters. The van der Waals surface area contributed by atoms with Gasteiger partial charge in [0.15, 0.2) is 0 Å². The summed E-state index contributed by atoms with van der Waals surface area (Å²) in [6, 6.07) is 0.578. The van der Waals surface area contributed by atoms with Gasteiger partial charge >= 0.3 is 6.03 Å². The van der Waals surface area contributed by atoms with Gasteiger partial charge in [-0.3, -0.25) is 0 Å². The average molecular weight is 332 g/mol. The summed E-state index contributed by atoms with van der Waals surface area (Å²) in [6.45, 7) is 4.97. The molecule has 7 heteroatoms. The van der Waals surface area contributed by atoms with Crippen molar-refractivity contribution in [1.29, 1.82) is 0 Å². The number of nitrogens with zero attached hydrogens (tertiary/aromatic N) is 4. The molecular weight excluding hydrogens is 304 g/mol. The van der Waals surface area contributed by atoms with E-state index in [1.807, 2.05) is 9.47 Å². The number of carbonyl (C=O) groups is 1. The standard InChI is InChI=1S/C17H28N6O/c24-17(21-16-9-15(16)14-1-5-18-6-2-14)23-7-3-13(4-8-23)10-22-11-19-20-12-22/h11-16,18H,1-10H2,(H,21,24)/t15-,16+/m0/s1. The number of rotatable bonds is 4. The topological polar surface area (TPSA) is 75.1 Å². The minimum atomic E-state index is 0.152. The number of hydrogen-bond acceptors (Lipinski definition) is 4. The van der Waals surface area contributed by atoms with E-state index in [1.165, 1.54) is 19.3 Å². The molecule has 0 aromatic carbocycles. The fourth-order valence-electron chi connectivity index (χ4n) is 4.36. The largest absolute Gasteiger partial charge is 0.335 e. The maximum absolute atomic E-state index is 12.5. The first kappa shape index (κ1) is 15.9. The zero-order valence-electron chi connectivity index (χ0n) is 14.2. The van der Waals surface area contributed by atoms with Crippen molar-refractivity contribution in [1.82, 2.24) is 30.3 Å². The summed E-state index contributed by atoms with van der Waals surface area (Å²) in [5.74, 6) is 2.15. The first-order valence-corrected chi connectivity index (χ1v) is 9.38. The van der Waals surface area contributed by atoms with E-state index < -0.39 is 0 Å². The van der Waals surface area contributed by atoms with Gasteiger partial charge in [-0.15, -0.1) is 10.2 Å². The molecule has 3 heterocycles. The Morgan fingerprint density at radius 3 is 2.54 bits per heavy atom. The second-order valence-corrected chi connectivity index (χ2v) is 7.63. The van der Waals surface area contributed by atoms with Crippen molar-refractivity contribution in [2.75, 3.05) is 26.2 Å². The number of piperidine rings is 2. The molecule has 0 unspecified atom stereocenters. The molecule has 3 fully saturated rings. The lowest BCUT2D eigenvalue weighted by Crippen LogP contribution is -2.46. The monoisotopic (exact) mass is 332 g/mol. The summed E-state index contributed by atoms with van der Waals surface area (Å²) < 4.78 is 2.04. The van der Waals surface area contributed by atoms with Gasteiger partial charge in [0.1, 0.15) is 12.7 Å². The Kier molecular flexibility index (Phi) is 4.69. The maximum atomic E-state index is 12.5. The van der Waals surface area contributed by atoms with Gasteiger partial charge in [-0.2, -0.15) is 0 Å². The van der Waals surface area contributed by atoms with Crippen molar-refractivity contribution in [2.24, 2.45) is 17.8 Å². The molecule has 4 rings (SSSR count). The smallest absolute Gasteiger partial charge is 0.317 e. The van der Waals surface area contributed by atoms with Crippen molar-refractivity contribution in [3.05, 3.63) is 12.7 Å². The Hall–Kier alpha value is -1.63. The van der Waals surface area contributed by atoms with Crippen molar-refractivity contribution < 1.29 is 4.79 Å². The molecule has 2 N–H and O–H groups in total. The highest BCUT2D eigenvalue weighted by atomic mass is 16.2. The zero-order chi connectivity index (χ0) is 16.4. The predicted octanol–water partition coefficient (Wildman–Crippen LogP) is 1.09. The van der Waals surface area contributed by atoms with E-state index in [-0.39, 0.29) is 6.03 Å². The SMILES string of the molecule is O=C(N[C@@H]1C[C@H]1C1CCNCC1)N1CCC(Cn2cnnc2)CC1. The van der Waals surface area contributed by atoms with Crippen LogP contribution in [-0.2, 0) is 6.54 Å². The predicted molar refractivity (Wildman–Crippen MR) is 90.3 cm³/mol. The Morgan fingerprint density at radius 1 is 1.12 bits per heavy atom. The molecule has 0 radical (unpaired) electrons. The molecule has 24 heavy (non-hydrogen) atoms. The van der Waals surface area contributed by atoms with Crippen LogP contribution in [0.25, 0.3) is 0 Å². The highest BCUT2D eigenvalue weighted by Gasteiger charge is 2.44. The lowest BCUT2D eigenvalue weighted by molar-refractivity contribution is 0.164. The summed E-state index contributed by atoms with van der Waals surface area (Å²) in [5, 5.41) is 14.4. The number of aromatic nitrogens is 3. The normalized spacial score (nSPS) is 28.8. The van der Waals surface area contributed by atoms with Crippen LogP contribution in [0.1, 0.15) is 32.1 Å². The van der Waals surface area contributed by atoms with Crippen molar-refractivity contribution in [3.8, 4) is 0 Å². The van der Waals surface area contributed by atoms with Gasteiger partial charge in [0, 0.05) is 25.7 Å². The number of carbonyl (C=O) groups excluding carboxylic acids is 1. The van der Waals surface area contributed by atoms with E-state index in [0.717, 1.165) is 57.4 Å². The third-order valence-corrected chi connectivity index (χ3v) is 5.98. The fourth-order valence-corrected chi connectivity index (χ4v) is 4.36. The molecule has 2 saturated heterocycles. The lowest BCUT2D eigenvalue weighted by Gasteiger charge is -2.32. The van der Waals surface area contributed by atoms with Crippen LogP contribution in [0.5, 0.6) is 0 Å². The van der Waals surface area contributed by atoms with Gasteiger partial charge in [0.2, 0.25) is 0 Å². The van der Waals surface area contributed by atoms with Gasteiger partial charge in [-0.05, 0) is 62.9 Å². The number of amides is 2. The molecule has 0 spiro atoms. The summed E-state index contributed by atoms with van der Waals surface area (Å²) >= 11 is 0. The molecule has 132 valence electrons. The highest BCUT2D eigenvalue weighted by Crippen LogP contribution is 2.41. The number of nitrogens with one attached hydrogen (secondary N) is 2. The van der Waals surface area contributed by atoms with Crippen LogP contribution in [-0.4, -0.2) is 57.9 Å². The van der Waals surface area contributed by atoms with Crippen LogP contribution in [0, 0.1) is 17.8 Å². The number of urea groups is 1. The van der Waals surface area contributed by atoms with Crippen LogP contribution < -0.4 is 10.6 Å². The molecule has 0 bridgehead atoms. The van der Waals surface area contributed by atoms with Gasteiger partial charge in [-0.25, -0.2) is 4.79 Å². The van der Waals surface area contributed by atoms with E-state index in [1.54, 1.807) is 12.7 Å². The molecule has 2 amide bonds. The molecular formula is C17H28N6O. The lowest BCUT2D eigenvalue weighted by atomic mass is 9.93. The molecule has 7 nitrogen and oxygen atoms in total. The molecule has 1 aromatic heterocycles. The van der Waals surface area contributed by atoms with Crippen molar-refractivity contribution >= 4 is 6.03 Å². The van der Waals surface area contributed by atoms with Crippen LogP contribution in [0.2, 0.25) is 0 Å². The van der Waals surface area contributed by atoms with Gasteiger partial charge in [0.05, 0.1) is 0 Å². The zero-order valence-corrected chi connectivity index (χ0v) is 14.2. The van der Waals surface area contributed by atoms with E-state index >= 15 is 0 Å². The third-order valence-electron chi connectivity index (χ3n) is 5.98. The van der Waals surface area contributed by atoms with Crippen LogP contribution in [0.3, 0.4) is 0 Å². The van der Waals surface area contributed by atoms with Crippen LogP contribution >= 0.6 is 0 Å². The van der Waals surface area contributed by atoms with Crippen LogP contribution in [0.4, 0.5) is 4.79 Å². The van der Waals surface area contributed by atoms with Gasteiger partial charge < -0.3 is 20.1 Å².